The quantitative estimate of drug-likeness (QED) is 0.301. The number of ether oxygens (including phenoxy) is 2. The van der Waals surface area contributed by atoms with Crippen molar-refractivity contribution in [2.45, 2.75) is 87.9 Å². The molecular formula is C26H33Cl2FO6. The van der Waals surface area contributed by atoms with Gasteiger partial charge in [-0.3, -0.25) is 4.79 Å². The number of aliphatic hydroxyl groups is 1. The molecule has 4 aliphatic rings. The third-order valence-electron chi connectivity index (χ3n) is 9.27. The lowest BCUT2D eigenvalue weighted by Crippen LogP contribution is -2.69. The summed E-state index contributed by atoms with van der Waals surface area (Å²) in [6.45, 7) is 5.62. The summed E-state index contributed by atoms with van der Waals surface area (Å²) in [6.07, 6.45) is 5.70. The van der Waals surface area contributed by atoms with Crippen molar-refractivity contribution < 1.29 is 33.4 Å². The van der Waals surface area contributed by atoms with E-state index in [1.807, 2.05) is 6.92 Å². The van der Waals surface area contributed by atoms with Crippen LogP contribution in [-0.4, -0.2) is 51.6 Å². The van der Waals surface area contributed by atoms with Crippen LogP contribution in [0.3, 0.4) is 0 Å². The molecule has 0 amide bonds. The Kier molecular flexibility index (Phi) is 6.95. The molecule has 9 heteroatoms. The fraction of sp³-hybridized carbons (Fsp3) is 0.731. The second kappa shape index (κ2) is 9.14. The third kappa shape index (κ3) is 3.71. The minimum Gasteiger partial charge on any atom is -0.463 e. The Balaban J connectivity index is 1.76. The van der Waals surface area contributed by atoms with Gasteiger partial charge in [0, 0.05) is 16.7 Å². The van der Waals surface area contributed by atoms with E-state index in [9.17, 15) is 19.5 Å². The highest BCUT2D eigenvalue weighted by molar-refractivity contribution is 6.53. The average molecular weight is 531 g/mol. The van der Waals surface area contributed by atoms with Crippen LogP contribution in [0.25, 0.3) is 0 Å². The number of unbranched alkanes of at least 4 members (excludes halogenated alkanes) is 1. The van der Waals surface area contributed by atoms with Crippen LogP contribution in [0, 0.1) is 22.7 Å². The minimum absolute atomic E-state index is 0.123. The molecule has 0 saturated heterocycles. The molecule has 0 aromatic rings. The lowest BCUT2D eigenvalue weighted by atomic mass is 9.45. The maximum Gasteiger partial charge on any atom is 0.351 e. The van der Waals surface area contributed by atoms with E-state index in [4.69, 9.17) is 32.7 Å². The molecule has 6 nitrogen and oxygen atoms in total. The summed E-state index contributed by atoms with van der Waals surface area (Å²) in [7, 11) is 0. The van der Waals surface area contributed by atoms with Crippen LogP contribution < -0.4 is 0 Å². The first kappa shape index (κ1) is 26.6. The summed E-state index contributed by atoms with van der Waals surface area (Å²) in [5.41, 5.74) is -5.35. The highest BCUT2D eigenvalue weighted by Gasteiger charge is 2.76. The van der Waals surface area contributed by atoms with Crippen LogP contribution in [0.15, 0.2) is 23.8 Å². The Morgan fingerprint density at radius 1 is 1.26 bits per heavy atom. The lowest BCUT2D eigenvalue weighted by molar-refractivity contribution is -0.232. The number of allylic oxidation sites excluding steroid dienone is 4. The summed E-state index contributed by atoms with van der Waals surface area (Å²) in [4.78, 5) is 36.6. The molecule has 0 spiro atoms. The SMILES string of the molecule is CCCCOC(=O)[C@@]1(OC(=O)C(Cl)Cl)CC[C@H]2[C@@H]3CCC4=CC(=O)C=C[C@]4(C)[C@@]3(F)[C@@H](O)C[C@@]21C. The Morgan fingerprint density at radius 3 is 2.63 bits per heavy atom. The zero-order valence-electron chi connectivity index (χ0n) is 20.3. The third-order valence-corrected chi connectivity index (χ3v) is 9.63. The monoisotopic (exact) mass is 530 g/mol. The number of hydrogen-bond donors (Lipinski definition) is 1. The van der Waals surface area contributed by atoms with Gasteiger partial charge >= 0.3 is 11.9 Å². The van der Waals surface area contributed by atoms with Gasteiger partial charge < -0.3 is 14.6 Å². The van der Waals surface area contributed by atoms with Gasteiger partial charge in [-0.05, 0) is 63.5 Å². The molecule has 0 radical (unpaired) electrons. The summed E-state index contributed by atoms with van der Waals surface area (Å²) in [6, 6.07) is 0. The van der Waals surface area contributed by atoms with Gasteiger partial charge in [0.2, 0.25) is 10.4 Å². The first-order valence-corrected chi connectivity index (χ1v) is 13.2. The molecule has 0 aliphatic heterocycles. The van der Waals surface area contributed by atoms with Gasteiger partial charge in [0.15, 0.2) is 11.5 Å². The number of rotatable bonds is 6. The first-order valence-electron chi connectivity index (χ1n) is 12.4. The Bertz CT molecular complexity index is 981. The first-order chi connectivity index (χ1) is 16.4. The number of hydrogen-bond acceptors (Lipinski definition) is 6. The molecule has 0 heterocycles. The molecule has 0 aromatic carbocycles. The molecule has 194 valence electrons. The molecular weight excluding hydrogens is 498 g/mol. The number of fused-ring (bicyclic) bond motifs is 5. The fourth-order valence-corrected chi connectivity index (χ4v) is 7.47. The molecule has 4 aliphatic carbocycles. The van der Waals surface area contributed by atoms with Crippen molar-refractivity contribution in [2.75, 3.05) is 6.61 Å². The van der Waals surface area contributed by atoms with E-state index in [0.29, 0.717) is 31.3 Å². The topological polar surface area (TPSA) is 89.9 Å². The predicted molar refractivity (Wildman–Crippen MR) is 129 cm³/mol. The number of alkyl halides is 3. The second-order valence-corrected chi connectivity index (χ2v) is 11.9. The average Bonchev–Trinajstić information content (AvgIpc) is 3.08. The van der Waals surface area contributed by atoms with Crippen molar-refractivity contribution in [1.82, 2.24) is 0 Å². The van der Waals surface area contributed by atoms with Crippen molar-refractivity contribution in [3.63, 3.8) is 0 Å². The van der Waals surface area contributed by atoms with E-state index in [1.165, 1.54) is 12.2 Å². The summed E-state index contributed by atoms with van der Waals surface area (Å²) in [5.74, 6) is -2.86. The second-order valence-electron chi connectivity index (χ2n) is 10.8. The van der Waals surface area contributed by atoms with Gasteiger partial charge in [0.1, 0.15) is 0 Å². The molecule has 0 bridgehead atoms. The van der Waals surface area contributed by atoms with Crippen LogP contribution in [0.2, 0.25) is 0 Å². The number of esters is 2. The zero-order valence-corrected chi connectivity index (χ0v) is 21.8. The highest BCUT2D eigenvalue weighted by atomic mass is 35.5. The van der Waals surface area contributed by atoms with Crippen LogP contribution in [-0.2, 0) is 23.9 Å². The van der Waals surface area contributed by atoms with E-state index >= 15 is 4.39 Å². The molecule has 3 saturated carbocycles. The molecule has 3 fully saturated rings. The van der Waals surface area contributed by atoms with Crippen LogP contribution >= 0.6 is 23.2 Å². The number of halogens is 3. The lowest BCUT2D eigenvalue weighted by Gasteiger charge is -2.62. The van der Waals surface area contributed by atoms with E-state index in [2.05, 4.69) is 0 Å². The van der Waals surface area contributed by atoms with Crippen LogP contribution in [0.4, 0.5) is 4.39 Å². The van der Waals surface area contributed by atoms with E-state index in [-0.39, 0.29) is 31.1 Å². The predicted octanol–water partition coefficient (Wildman–Crippen LogP) is 4.79. The fourth-order valence-electron chi connectivity index (χ4n) is 7.39. The zero-order chi connectivity index (χ0) is 25.8. The van der Waals surface area contributed by atoms with Crippen molar-refractivity contribution in [3.05, 3.63) is 23.8 Å². The highest BCUT2D eigenvalue weighted by Crippen LogP contribution is 2.70. The van der Waals surface area contributed by atoms with Crippen molar-refractivity contribution in [1.29, 1.82) is 0 Å². The number of ketones is 1. The largest absolute Gasteiger partial charge is 0.463 e. The van der Waals surface area contributed by atoms with E-state index in [0.717, 1.165) is 6.42 Å². The molecule has 0 aromatic heterocycles. The smallest absolute Gasteiger partial charge is 0.351 e. The summed E-state index contributed by atoms with van der Waals surface area (Å²) in [5, 5.41) is 11.5. The van der Waals surface area contributed by atoms with Gasteiger partial charge in [0.05, 0.1) is 12.7 Å². The van der Waals surface area contributed by atoms with Gasteiger partial charge in [0.25, 0.3) is 0 Å². The molecule has 4 rings (SSSR count). The standard InChI is InChI=1S/C26H33Cl2FO6/c1-4-5-12-34-22(33)25(35-21(32)20(27)28)11-9-17-18-7-6-15-13-16(30)8-10-23(15,2)26(18,29)19(31)14-24(17,25)3/h8,10,13,17-20,31H,4-7,9,11-12,14H2,1-3H3/t17-,18-,19-,23-,24-,25-,26-/m0/s1. The van der Waals surface area contributed by atoms with Gasteiger partial charge in [-0.15, -0.1) is 0 Å². The normalized spacial score (nSPS) is 42.1. The number of carbonyl (C=O) groups is 3. The van der Waals surface area contributed by atoms with E-state index in [1.54, 1.807) is 19.9 Å². The Hall–Kier alpha value is -1.44. The summed E-state index contributed by atoms with van der Waals surface area (Å²) < 4.78 is 28.5. The number of carbonyl (C=O) groups excluding carboxylic acids is 3. The van der Waals surface area contributed by atoms with Crippen molar-refractivity contribution >= 4 is 40.9 Å². The summed E-state index contributed by atoms with van der Waals surface area (Å²) >= 11 is 11.6. The minimum atomic E-state index is -2.05. The molecule has 0 unspecified atom stereocenters. The number of aliphatic hydroxyl groups excluding tert-OH is 1. The van der Waals surface area contributed by atoms with Gasteiger partial charge in [-0.2, -0.15) is 0 Å². The van der Waals surface area contributed by atoms with Crippen LogP contribution in [0.1, 0.15) is 65.7 Å². The van der Waals surface area contributed by atoms with Crippen molar-refractivity contribution in [2.24, 2.45) is 22.7 Å². The van der Waals surface area contributed by atoms with E-state index < -0.39 is 50.9 Å². The molecule has 1 N–H and O–H groups in total. The Labute approximate surface area is 215 Å². The maximum atomic E-state index is 17.2. The Morgan fingerprint density at radius 2 is 1.97 bits per heavy atom. The molecule has 35 heavy (non-hydrogen) atoms. The maximum absolute atomic E-state index is 17.2. The van der Waals surface area contributed by atoms with Crippen LogP contribution in [0.5, 0.6) is 0 Å². The van der Waals surface area contributed by atoms with Gasteiger partial charge in [-0.25, -0.2) is 14.0 Å². The molecule has 7 atom stereocenters. The van der Waals surface area contributed by atoms with Gasteiger partial charge in [-0.1, -0.05) is 55.1 Å². The van der Waals surface area contributed by atoms with Crippen molar-refractivity contribution in [3.8, 4) is 0 Å².